The molecule has 1 aromatic heterocycles. The van der Waals surface area contributed by atoms with Gasteiger partial charge in [-0.2, -0.15) is 5.06 Å². The summed E-state index contributed by atoms with van der Waals surface area (Å²) in [6.07, 6.45) is 1.10. The number of piperidine rings is 1. The van der Waals surface area contributed by atoms with E-state index >= 15 is 0 Å². The number of hydrogen-bond donors (Lipinski definition) is 1. The normalized spacial score (nSPS) is 29.9. The number of fused-ring (bicyclic) bond motifs is 4. The van der Waals surface area contributed by atoms with E-state index in [0.717, 1.165) is 18.7 Å². The van der Waals surface area contributed by atoms with Crippen LogP contribution in [0.25, 0.3) is 0 Å². The molecule has 1 fully saturated rings. The van der Waals surface area contributed by atoms with Gasteiger partial charge in [0.05, 0.1) is 0 Å². The first-order valence-corrected chi connectivity index (χ1v) is 5.37. The Labute approximate surface area is 87.7 Å². The minimum Gasteiger partial charge on any atom is -0.314 e. The summed E-state index contributed by atoms with van der Waals surface area (Å²) in [4.78, 5) is 11.7. The molecule has 4 heteroatoms. The Morgan fingerprint density at radius 2 is 2.13 bits per heavy atom. The van der Waals surface area contributed by atoms with Crippen molar-refractivity contribution in [2.45, 2.75) is 18.9 Å². The Bertz CT molecular complexity index is 440. The second-order valence-corrected chi connectivity index (χ2v) is 4.57. The third-order valence-electron chi connectivity index (χ3n) is 3.46. The van der Waals surface area contributed by atoms with Crippen molar-refractivity contribution in [3.05, 3.63) is 34.2 Å². The molecule has 3 rings (SSSR count). The minimum atomic E-state index is 0.0913. The maximum Gasteiger partial charge on any atom is 0.250 e. The molecule has 0 aliphatic carbocycles. The van der Waals surface area contributed by atoms with Crippen molar-refractivity contribution >= 4 is 0 Å². The zero-order valence-corrected chi connectivity index (χ0v) is 8.47. The molecule has 2 atom stereocenters. The van der Waals surface area contributed by atoms with E-state index in [1.165, 1.54) is 5.06 Å². The number of aromatic nitrogens is 1. The molecule has 0 aromatic carbocycles. The first-order chi connectivity index (χ1) is 7.24. The monoisotopic (exact) mass is 206 g/mol. The van der Waals surface area contributed by atoms with Crippen molar-refractivity contribution in [3.63, 3.8) is 0 Å². The lowest BCUT2D eigenvalue weighted by Gasteiger charge is -2.40. The third-order valence-corrected chi connectivity index (χ3v) is 3.46. The van der Waals surface area contributed by atoms with E-state index in [1.807, 2.05) is 16.7 Å². The second-order valence-electron chi connectivity index (χ2n) is 4.57. The van der Waals surface area contributed by atoms with Crippen molar-refractivity contribution in [1.29, 1.82) is 0 Å². The highest BCUT2D eigenvalue weighted by atomic mass is 16.5. The Hall–Kier alpha value is -1.13. The zero-order chi connectivity index (χ0) is 10.4. The molecule has 1 aromatic rings. The van der Waals surface area contributed by atoms with Crippen molar-refractivity contribution in [1.82, 2.24) is 9.63 Å². The molecule has 80 valence electrons. The molecule has 2 aliphatic heterocycles. The van der Waals surface area contributed by atoms with Crippen molar-refractivity contribution < 1.29 is 5.21 Å². The van der Waals surface area contributed by atoms with E-state index in [1.54, 1.807) is 6.07 Å². The molecule has 2 aliphatic rings. The molecular weight excluding hydrogens is 192 g/mol. The van der Waals surface area contributed by atoms with Gasteiger partial charge in [-0.3, -0.25) is 4.79 Å². The number of rotatable bonds is 0. The molecule has 0 amide bonds. The van der Waals surface area contributed by atoms with Crippen LogP contribution in [0.1, 0.15) is 18.0 Å². The summed E-state index contributed by atoms with van der Waals surface area (Å²) in [5, 5.41) is 10.9. The second kappa shape index (κ2) is 3.18. The van der Waals surface area contributed by atoms with Gasteiger partial charge in [-0.25, -0.2) is 0 Å². The fourth-order valence-corrected chi connectivity index (χ4v) is 2.87. The van der Waals surface area contributed by atoms with Crippen molar-refractivity contribution in [3.8, 4) is 0 Å². The topological polar surface area (TPSA) is 45.5 Å². The van der Waals surface area contributed by atoms with E-state index < -0.39 is 0 Å². The van der Waals surface area contributed by atoms with Crippen LogP contribution in [0.4, 0.5) is 0 Å². The highest BCUT2D eigenvalue weighted by Gasteiger charge is 2.33. The quantitative estimate of drug-likeness (QED) is 0.678. The largest absolute Gasteiger partial charge is 0.314 e. The van der Waals surface area contributed by atoms with Crippen molar-refractivity contribution in [2.24, 2.45) is 5.92 Å². The molecule has 0 saturated carbocycles. The summed E-state index contributed by atoms with van der Waals surface area (Å²) in [6.45, 7) is 2.10. The highest BCUT2D eigenvalue weighted by Crippen LogP contribution is 2.33. The predicted molar refractivity (Wildman–Crippen MR) is 54.9 cm³/mol. The lowest BCUT2D eigenvalue weighted by Crippen LogP contribution is -2.45. The van der Waals surface area contributed by atoms with Gasteiger partial charge >= 0.3 is 0 Å². The Kier molecular flexibility index (Phi) is 1.94. The molecule has 1 saturated heterocycles. The maximum absolute atomic E-state index is 11.7. The first kappa shape index (κ1) is 9.12. The van der Waals surface area contributed by atoms with Gasteiger partial charge < -0.3 is 9.77 Å². The smallest absolute Gasteiger partial charge is 0.250 e. The molecule has 4 nitrogen and oxygen atoms in total. The lowest BCUT2D eigenvalue weighted by atomic mass is 9.84. The molecule has 2 unspecified atom stereocenters. The Morgan fingerprint density at radius 1 is 1.27 bits per heavy atom. The van der Waals surface area contributed by atoms with Crippen LogP contribution in [0.15, 0.2) is 23.0 Å². The van der Waals surface area contributed by atoms with Crippen LogP contribution in [0, 0.1) is 5.92 Å². The summed E-state index contributed by atoms with van der Waals surface area (Å²) in [6, 6.07) is 5.42. The Balaban J connectivity index is 2.10. The van der Waals surface area contributed by atoms with Crippen LogP contribution in [0.3, 0.4) is 0 Å². The van der Waals surface area contributed by atoms with Gasteiger partial charge in [-0.05, 0) is 18.4 Å². The molecule has 2 bridgehead atoms. The maximum atomic E-state index is 11.7. The molecular formula is C11H14N2O2. The average molecular weight is 206 g/mol. The van der Waals surface area contributed by atoms with Gasteiger partial charge in [0.15, 0.2) is 0 Å². The fourth-order valence-electron chi connectivity index (χ4n) is 2.87. The van der Waals surface area contributed by atoms with Gasteiger partial charge in [-0.15, -0.1) is 0 Å². The molecule has 0 radical (unpaired) electrons. The van der Waals surface area contributed by atoms with Crippen LogP contribution >= 0.6 is 0 Å². The van der Waals surface area contributed by atoms with E-state index in [-0.39, 0.29) is 5.56 Å². The standard InChI is InChI=1S/C11H14N2O2/c14-11-3-1-2-10-9-4-8(6-13(10)11)5-12(15)7-9/h1-3,8-9,15H,4-7H2. The highest BCUT2D eigenvalue weighted by molar-refractivity contribution is 5.16. The van der Waals surface area contributed by atoms with E-state index in [2.05, 4.69) is 0 Å². The summed E-state index contributed by atoms with van der Waals surface area (Å²) in [7, 11) is 0. The number of hydrogen-bond acceptors (Lipinski definition) is 3. The molecule has 1 N–H and O–H groups in total. The van der Waals surface area contributed by atoms with Crippen LogP contribution in [0.5, 0.6) is 0 Å². The fraction of sp³-hybridized carbons (Fsp3) is 0.545. The van der Waals surface area contributed by atoms with Gasteiger partial charge in [0, 0.05) is 37.3 Å². The average Bonchev–Trinajstić information content (AvgIpc) is 2.19. The van der Waals surface area contributed by atoms with Gasteiger partial charge in [-0.1, -0.05) is 6.07 Å². The van der Waals surface area contributed by atoms with Crippen LogP contribution in [-0.4, -0.2) is 27.9 Å². The van der Waals surface area contributed by atoms with E-state index in [9.17, 15) is 10.0 Å². The lowest BCUT2D eigenvalue weighted by molar-refractivity contribution is -0.129. The van der Waals surface area contributed by atoms with Crippen LogP contribution < -0.4 is 5.56 Å². The van der Waals surface area contributed by atoms with Crippen LogP contribution in [-0.2, 0) is 6.54 Å². The van der Waals surface area contributed by atoms with E-state index in [4.69, 9.17) is 0 Å². The number of nitrogens with zero attached hydrogens (tertiary/aromatic N) is 2. The SMILES string of the molecule is O=c1cccc2n1CC1CC2CN(O)C1. The molecule has 0 spiro atoms. The summed E-state index contributed by atoms with van der Waals surface area (Å²) in [5.41, 5.74) is 1.17. The van der Waals surface area contributed by atoms with Crippen molar-refractivity contribution in [2.75, 3.05) is 13.1 Å². The first-order valence-electron chi connectivity index (χ1n) is 5.37. The van der Waals surface area contributed by atoms with Crippen LogP contribution in [0.2, 0.25) is 0 Å². The molecule has 15 heavy (non-hydrogen) atoms. The van der Waals surface area contributed by atoms with Gasteiger partial charge in [0.2, 0.25) is 0 Å². The third kappa shape index (κ3) is 1.41. The Morgan fingerprint density at radius 3 is 3.00 bits per heavy atom. The van der Waals surface area contributed by atoms with E-state index in [0.29, 0.717) is 24.9 Å². The summed E-state index contributed by atoms with van der Waals surface area (Å²) >= 11 is 0. The number of hydroxylamine groups is 2. The van der Waals surface area contributed by atoms with Gasteiger partial charge in [0.1, 0.15) is 0 Å². The van der Waals surface area contributed by atoms with Gasteiger partial charge in [0.25, 0.3) is 5.56 Å². The number of pyridine rings is 1. The predicted octanol–water partition coefficient (Wildman–Crippen LogP) is 0.657. The minimum absolute atomic E-state index is 0.0913. The summed E-state index contributed by atoms with van der Waals surface area (Å²) in [5.74, 6) is 0.734. The summed E-state index contributed by atoms with van der Waals surface area (Å²) < 4.78 is 1.87. The zero-order valence-electron chi connectivity index (χ0n) is 8.47. The molecule has 3 heterocycles.